The summed E-state index contributed by atoms with van der Waals surface area (Å²) in [5.41, 5.74) is 2.98. The molecule has 0 fully saturated rings. The number of hydrogen-bond acceptors (Lipinski definition) is 4. The monoisotopic (exact) mass is 341 g/mol. The number of H-pyrrole nitrogens is 1. The van der Waals surface area contributed by atoms with Crippen molar-refractivity contribution in [3.05, 3.63) is 67.7 Å². The fraction of sp³-hybridized carbons (Fsp3) is 0.333. The van der Waals surface area contributed by atoms with E-state index < -0.39 is 0 Å². The molecule has 1 aliphatic heterocycles. The van der Waals surface area contributed by atoms with Gasteiger partial charge in [-0.25, -0.2) is 4.79 Å². The van der Waals surface area contributed by atoms with Crippen LogP contribution in [-0.2, 0) is 19.5 Å². The number of fused-ring (bicyclic) bond motifs is 2. The lowest BCUT2D eigenvalue weighted by Gasteiger charge is -2.28. The number of rotatable bonds is 4. The third-order valence-electron chi connectivity index (χ3n) is 4.66. The molecular formula is C18H19N3O2S. The maximum atomic E-state index is 12.4. The maximum absolute atomic E-state index is 12.4. The highest BCUT2D eigenvalue weighted by Gasteiger charge is 2.15. The van der Waals surface area contributed by atoms with E-state index in [1.807, 2.05) is 5.38 Å². The minimum absolute atomic E-state index is 0.173. The molecule has 0 saturated heterocycles. The Hall–Kier alpha value is -2.18. The molecule has 124 valence electrons. The number of nitrogens with zero attached hydrogens (tertiary/aromatic N) is 2. The van der Waals surface area contributed by atoms with E-state index in [4.69, 9.17) is 0 Å². The molecule has 0 amide bonds. The van der Waals surface area contributed by atoms with E-state index in [-0.39, 0.29) is 11.2 Å². The van der Waals surface area contributed by atoms with Crippen LogP contribution in [0.5, 0.6) is 0 Å². The average molecular weight is 341 g/mol. The highest BCUT2D eigenvalue weighted by atomic mass is 32.1. The number of aromatic nitrogens is 2. The first-order valence-electron chi connectivity index (χ1n) is 8.22. The topological polar surface area (TPSA) is 58.1 Å². The van der Waals surface area contributed by atoms with Crippen molar-refractivity contribution in [2.75, 3.05) is 13.1 Å². The molecule has 0 atom stereocenters. The normalized spacial score (nSPS) is 14.8. The summed E-state index contributed by atoms with van der Waals surface area (Å²) in [6, 6.07) is 10.3. The Balaban J connectivity index is 1.43. The van der Waals surface area contributed by atoms with Crippen molar-refractivity contribution >= 4 is 21.6 Å². The zero-order chi connectivity index (χ0) is 16.5. The summed E-state index contributed by atoms with van der Waals surface area (Å²) in [7, 11) is 0. The van der Waals surface area contributed by atoms with E-state index in [0.29, 0.717) is 16.8 Å². The molecule has 24 heavy (non-hydrogen) atoms. The van der Waals surface area contributed by atoms with Crippen LogP contribution in [0.25, 0.3) is 10.2 Å². The fourth-order valence-corrected chi connectivity index (χ4v) is 4.17. The molecule has 0 saturated carbocycles. The smallest absolute Gasteiger partial charge is 0.306 e. The predicted molar refractivity (Wildman–Crippen MR) is 96.7 cm³/mol. The highest BCUT2D eigenvalue weighted by Crippen LogP contribution is 2.18. The lowest BCUT2D eigenvalue weighted by molar-refractivity contribution is 0.245. The molecule has 2 aromatic heterocycles. The Bertz CT molecular complexity index is 986. The number of nitrogens with one attached hydrogen (secondary N) is 1. The second kappa shape index (κ2) is 6.37. The third kappa shape index (κ3) is 2.83. The predicted octanol–water partition coefficient (Wildman–Crippen LogP) is 2.20. The summed E-state index contributed by atoms with van der Waals surface area (Å²) in [6.07, 6.45) is 1.86. The van der Waals surface area contributed by atoms with Crippen molar-refractivity contribution < 1.29 is 0 Å². The van der Waals surface area contributed by atoms with Crippen LogP contribution in [0.15, 0.2) is 45.3 Å². The van der Waals surface area contributed by atoms with E-state index >= 15 is 0 Å². The van der Waals surface area contributed by atoms with Gasteiger partial charge in [0, 0.05) is 26.2 Å². The molecule has 1 N–H and O–H groups in total. The lowest BCUT2D eigenvalue weighted by Crippen LogP contribution is -2.36. The molecule has 1 aromatic carbocycles. The number of aromatic amines is 1. The second-order valence-electron chi connectivity index (χ2n) is 6.20. The van der Waals surface area contributed by atoms with Gasteiger partial charge in [-0.2, -0.15) is 0 Å². The van der Waals surface area contributed by atoms with Gasteiger partial charge >= 0.3 is 5.69 Å². The summed E-state index contributed by atoms with van der Waals surface area (Å²) in [5, 5.41) is 1.83. The van der Waals surface area contributed by atoms with Crippen molar-refractivity contribution in [2.24, 2.45) is 0 Å². The summed E-state index contributed by atoms with van der Waals surface area (Å²) in [5.74, 6) is 0. The van der Waals surface area contributed by atoms with Crippen LogP contribution >= 0.6 is 11.3 Å². The summed E-state index contributed by atoms with van der Waals surface area (Å²) >= 11 is 1.38. The van der Waals surface area contributed by atoms with E-state index in [1.165, 1.54) is 27.0 Å². The van der Waals surface area contributed by atoms with Crippen molar-refractivity contribution in [2.45, 2.75) is 25.9 Å². The maximum Gasteiger partial charge on any atom is 0.328 e. The van der Waals surface area contributed by atoms with Crippen LogP contribution in [-0.4, -0.2) is 27.5 Å². The Labute approximate surface area is 143 Å². The SMILES string of the molecule is O=c1[nH]c2ccsc2c(=O)n1CCCN1CCc2ccccc2C1. The highest BCUT2D eigenvalue weighted by molar-refractivity contribution is 7.17. The summed E-state index contributed by atoms with van der Waals surface area (Å²) in [4.78, 5) is 29.7. The van der Waals surface area contributed by atoms with Crippen molar-refractivity contribution in [1.82, 2.24) is 14.5 Å². The zero-order valence-electron chi connectivity index (χ0n) is 13.3. The quantitative estimate of drug-likeness (QED) is 0.791. The van der Waals surface area contributed by atoms with E-state index in [0.717, 1.165) is 32.5 Å². The van der Waals surface area contributed by atoms with E-state index in [2.05, 4.69) is 34.1 Å². The standard InChI is InChI=1S/C18H19N3O2S/c22-17-16-15(7-11-24-16)19-18(23)21(17)9-3-8-20-10-6-13-4-1-2-5-14(13)12-20/h1-2,4-5,7,11H,3,6,8-10,12H2,(H,19,23). The van der Waals surface area contributed by atoms with E-state index in [9.17, 15) is 9.59 Å². The van der Waals surface area contributed by atoms with E-state index in [1.54, 1.807) is 6.07 Å². The van der Waals surface area contributed by atoms with Crippen LogP contribution in [0.4, 0.5) is 0 Å². The summed E-state index contributed by atoms with van der Waals surface area (Å²) in [6.45, 7) is 3.33. The van der Waals surface area contributed by atoms with Crippen molar-refractivity contribution in [3.63, 3.8) is 0 Å². The van der Waals surface area contributed by atoms with Gasteiger partial charge in [-0.1, -0.05) is 24.3 Å². The molecule has 3 heterocycles. The first-order valence-corrected chi connectivity index (χ1v) is 9.10. The minimum Gasteiger partial charge on any atom is -0.306 e. The fourth-order valence-electron chi connectivity index (χ4n) is 3.37. The molecule has 0 aliphatic carbocycles. The molecule has 0 unspecified atom stereocenters. The van der Waals surface area contributed by atoms with Crippen molar-refractivity contribution in [1.29, 1.82) is 0 Å². The molecule has 0 radical (unpaired) electrons. The van der Waals surface area contributed by atoms with Gasteiger partial charge in [0.2, 0.25) is 0 Å². The van der Waals surface area contributed by atoms with Crippen LogP contribution in [0.3, 0.4) is 0 Å². The van der Waals surface area contributed by atoms with Gasteiger partial charge < -0.3 is 4.98 Å². The first-order chi connectivity index (χ1) is 11.7. The molecule has 4 rings (SSSR count). The van der Waals surface area contributed by atoms with Gasteiger partial charge in [-0.05, 0) is 35.4 Å². The van der Waals surface area contributed by atoms with Crippen LogP contribution in [0.1, 0.15) is 17.5 Å². The number of hydrogen-bond donors (Lipinski definition) is 1. The molecule has 0 spiro atoms. The molecular weight excluding hydrogens is 322 g/mol. The molecule has 0 bridgehead atoms. The van der Waals surface area contributed by atoms with Gasteiger partial charge in [0.05, 0.1) is 5.52 Å². The average Bonchev–Trinajstić information content (AvgIpc) is 3.06. The van der Waals surface area contributed by atoms with Gasteiger partial charge in [0.15, 0.2) is 0 Å². The van der Waals surface area contributed by atoms with Crippen LogP contribution in [0, 0.1) is 0 Å². The van der Waals surface area contributed by atoms with Gasteiger partial charge in [-0.3, -0.25) is 14.3 Å². The summed E-state index contributed by atoms with van der Waals surface area (Å²) < 4.78 is 1.96. The lowest BCUT2D eigenvalue weighted by atomic mass is 10.00. The first kappa shape index (κ1) is 15.4. The molecule has 3 aromatic rings. The molecule has 5 nitrogen and oxygen atoms in total. The second-order valence-corrected chi connectivity index (χ2v) is 7.11. The Kier molecular flexibility index (Phi) is 4.08. The molecule has 1 aliphatic rings. The Morgan fingerprint density at radius 1 is 1.08 bits per heavy atom. The van der Waals surface area contributed by atoms with Gasteiger partial charge in [0.25, 0.3) is 5.56 Å². The van der Waals surface area contributed by atoms with Crippen LogP contribution in [0.2, 0.25) is 0 Å². The van der Waals surface area contributed by atoms with Gasteiger partial charge in [-0.15, -0.1) is 11.3 Å². The number of thiophene rings is 1. The third-order valence-corrected chi connectivity index (χ3v) is 5.56. The van der Waals surface area contributed by atoms with Crippen molar-refractivity contribution in [3.8, 4) is 0 Å². The Morgan fingerprint density at radius 3 is 2.79 bits per heavy atom. The minimum atomic E-state index is -0.310. The van der Waals surface area contributed by atoms with Crippen LogP contribution < -0.4 is 11.2 Å². The zero-order valence-corrected chi connectivity index (χ0v) is 14.1. The molecule has 6 heteroatoms. The van der Waals surface area contributed by atoms with Gasteiger partial charge in [0.1, 0.15) is 4.70 Å². The number of benzene rings is 1. The Morgan fingerprint density at radius 2 is 1.92 bits per heavy atom. The largest absolute Gasteiger partial charge is 0.328 e.